The SMILES string of the molecule is CC(C)(CN)NC(=O)c1ccc(Oc2ccc(C(F)(F)F)cn2)cc1.Cl.Cl. The lowest BCUT2D eigenvalue weighted by molar-refractivity contribution is -0.137. The molecule has 0 spiro atoms. The molecular weight excluding hydrogens is 406 g/mol. The molecule has 10 heteroatoms. The van der Waals surface area contributed by atoms with Gasteiger partial charge in [0.2, 0.25) is 5.88 Å². The van der Waals surface area contributed by atoms with Gasteiger partial charge in [-0.15, -0.1) is 24.8 Å². The Morgan fingerprint density at radius 2 is 1.70 bits per heavy atom. The summed E-state index contributed by atoms with van der Waals surface area (Å²) in [5.41, 5.74) is 4.60. The van der Waals surface area contributed by atoms with E-state index in [0.717, 1.165) is 12.1 Å². The van der Waals surface area contributed by atoms with Crippen LogP contribution in [-0.4, -0.2) is 23.0 Å². The third kappa shape index (κ3) is 7.24. The predicted molar refractivity (Wildman–Crippen MR) is 101 cm³/mol. The maximum atomic E-state index is 12.5. The van der Waals surface area contributed by atoms with E-state index >= 15 is 0 Å². The van der Waals surface area contributed by atoms with Crippen molar-refractivity contribution in [3.63, 3.8) is 0 Å². The van der Waals surface area contributed by atoms with Crippen molar-refractivity contribution < 1.29 is 22.7 Å². The summed E-state index contributed by atoms with van der Waals surface area (Å²) in [6.07, 6.45) is -3.75. The predicted octanol–water partition coefficient (Wildman–Crippen LogP) is 4.20. The molecule has 0 saturated heterocycles. The second kappa shape index (κ2) is 9.77. The summed E-state index contributed by atoms with van der Waals surface area (Å²) < 4.78 is 42.8. The third-order valence-electron chi connectivity index (χ3n) is 3.36. The van der Waals surface area contributed by atoms with Crippen molar-refractivity contribution >= 4 is 30.7 Å². The van der Waals surface area contributed by atoms with Crippen LogP contribution in [0.25, 0.3) is 0 Å². The van der Waals surface area contributed by atoms with Crippen molar-refractivity contribution in [3.8, 4) is 11.6 Å². The zero-order chi connectivity index (χ0) is 18.7. The molecule has 150 valence electrons. The van der Waals surface area contributed by atoms with E-state index in [-0.39, 0.29) is 36.6 Å². The van der Waals surface area contributed by atoms with Crippen LogP contribution in [0.5, 0.6) is 11.6 Å². The monoisotopic (exact) mass is 425 g/mol. The number of pyridine rings is 1. The van der Waals surface area contributed by atoms with E-state index in [1.165, 1.54) is 12.1 Å². The Kier molecular flexibility index (Phi) is 9.04. The van der Waals surface area contributed by atoms with Gasteiger partial charge < -0.3 is 15.8 Å². The fraction of sp³-hybridized carbons (Fsp3) is 0.294. The number of hydrogen-bond acceptors (Lipinski definition) is 4. The van der Waals surface area contributed by atoms with E-state index in [0.29, 0.717) is 24.1 Å². The minimum atomic E-state index is -4.45. The van der Waals surface area contributed by atoms with Crippen LogP contribution >= 0.6 is 24.8 Å². The van der Waals surface area contributed by atoms with Crippen LogP contribution in [0.15, 0.2) is 42.6 Å². The largest absolute Gasteiger partial charge is 0.439 e. The highest BCUT2D eigenvalue weighted by Crippen LogP contribution is 2.30. The molecule has 0 atom stereocenters. The van der Waals surface area contributed by atoms with Crippen molar-refractivity contribution in [2.24, 2.45) is 5.73 Å². The van der Waals surface area contributed by atoms with Gasteiger partial charge in [-0.05, 0) is 44.2 Å². The number of nitrogens with one attached hydrogen (secondary N) is 1. The van der Waals surface area contributed by atoms with Crippen molar-refractivity contribution in [2.75, 3.05) is 6.54 Å². The van der Waals surface area contributed by atoms with Gasteiger partial charge in [0.25, 0.3) is 5.91 Å². The van der Waals surface area contributed by atoms with Gasteiger partial charge in [-0.3, -0.25) is 4.79 Å². The summed E-state index contributed by atoms with van der Waals surface area (Å²) in [5.74, 6) is 0.0889. The first-order valence-electron chi connectivity index (χ1n) is 7.44. The fourth-order valence-electron chi connectivity index (χ4n) is 1.83. The van der Waals surface area contributed by atoms with Crippen molar-refractivity contribution in [2.45, 2.75) is 25.6 Å². The zero-order valence-electron chi connectivity index (χ0n) is 14.5. The molecule has 0 bridgehead atoms. The van der Waals surface area contributed by atoms with Crippen LogP contribution in [0.3, 0.4) is 0 Å². The number of carbonyl (C=O) groups excluding carboxylic acids is 1. The summed E-state index contributed by atoms with van der Waals surface area (Å²) in [6.45, 7) is 3.90. The molecule has 1 aromatic carbocycles. The quantitative estimate of drug-likeness (QED) is 0.752. The summed E-state index contributed by atoms with van der Waals surface area (Å²) in [7, 11) is 0. The molecule has 0 saturated carbocycles. The summed E-state index contributed by atoms with van der Waals surface area (Å²) in [5, 5.41) is 2.79. The molecule has 1 aromatic heterocycles. The van der Waals surface area contributed by atoms with Gasteiger partial charge in [0.05, 0.1) is 5.56 Å². The summed E-state index contributed by atoms with van der Waals surface area (Å²) in [6, 6.07) is 8.17. The lowest BCUT2D eigenvalue weighted by Gasteiger charge is -2.24. The van der Waals surface area contributed by atoms with Gasteiger partial charge in [-0.25, -0.2) is 4.98 Å². The van der Waals surface area contributed by atoms with E-state index in [4.69, 9.17) is 10.5 Å². The number of hydrogen-bond donors (Lipinski definition) is 2. The standard InChI is InChI=1S/C17H18F3N3O2.2ClH/c1-16(2,10-21)23-15(24)11-3-6-13(7-4-11)25-14-8-5-12(9-22-14)17(18,19)20;;/h3-9H,10,21H2,1-2H3,(H,23,24);2*1H. The van der Waals surface area contributed by atoms with Crippen LogP contribution in [-0.2, 0) is 6.18 Å². The highest BCUT2D eigenvalue weighted by molar-refractivity contribution is 5.94. The summed E-state index contributed by atoms with van der Waals surface area (Å²) >= 11 is 0. The normalized spacial score (nSPS) is 11.0. The molecule has 27 heavy (non-hydrogen) atoms. The zero-order valence-corrected chi connectivity index (χ0v) is 16.2. The number of ether oxygens (including phenoxy) is 1. The Bertz CT molecular complexity index is 737. The van der Waals surface area contributed by atoms with Crippen LogP contribution in [0, 0.1) is 0 Å². The number of nitrogens with two attached hydrogens (primary N) is 1. The van der Waals surface area contributed by atoms with Crippen LogP contribution in [0.1, 0.15) is 29.8 Å². The number of carbonyl (C=O) groups is 1. The molecule has 0 aliphatic heterocycles. The van der Waals surface area contributed by atoms with Gasteiger partial charge in [-0.1, -0.05) is 0 Å². The minimum Gasteiger partial charge on any atom is -0.439 e. The van der Waals surface area contributed by atoms with E-state index < -0.39 is 17.3 Å². The molecule has 2 aromatic rings. The smallest absolute Gasteiger partial charge is 0.417 e. The lowest BCUT2D eigenvalue weighted by Crippen LogP contribution is -2.48. The van der Waals surface area contributed by atoms with Gasteiger partial charge in [0.15, 0.2) is 0 Å². The second-order valence-electron chi connectivity index (χ2n) is 6.05. The molecule has 0 unspecified atom stereocenters. The number of nitrogens with zero attached hydrogens (tertiary/aromatic N) is 1. The topological polar surface area (TPSA) is 77.2 Å². The maximum Gasteiger partial charge on any atom is 0.417 e. The number of amides is 1. The molecule has 0 fully saturated rings. The van der Waals surface area contributed by atoms with Crippen molar-refractivity contribution in [1.82, 2.24) is 10.3 Å². The molecular formula is C17H20Cl2F3N3O2. The Balaban J connectivity index is 0.00000338. The molecule has 0 aliphatic carbocycles. The van der Waals surface area contributed by atoms with E-state index in [1.54, 1.807) is 26.0 Å². The first kappa shape index (κ1) is 25.0. The van der Waals surface area contributed by atoms with E-state index in [2.05, 4.69) is 10.3 Å². The number of alkyl halides is 3. The van der Waals surface area contributed by atoms with Crippen molar-refractivity contribution in [3.05, 3.63) is 53.7 Å². The second-order valence-corrected chi connectivity index (χ2v) is 6.05. The average molecular weight is 426 g/mol. The minimum absolute atomic E-state index is 0. The molecule has 1 amide bonds. The maximum absolute atomic E-state index is 12.5. The third-order valence-corrected chi connectivity index (χ3v) is 3.36. The lowest BCUT2D eigenvalue weighted by atomic mass is 10.1. The molecule has 1 heterocycles. The number of halogens is 5. The number of benzene rings is 1. The van der Waals surface area contributed by atoms with E-state index in [9.17, 15) is 18.0 Å². The summed E-state index contributed by atoms with van der Waals surface area (Å²) in [4.78, 5) is 15.7. The molecule has 0 aliphatic rings. The van der Waals surface area contributed by atoms with Crippen LogP contribution in [0.4, 0.5) is 13.2 Å². The van der Waals surface area contributed by atoms with Crippen molar-refractivity contribution in [1.29, 1.82) is 0 Å². The molecule has 2 rings (SSSR count). The first-order valence-corrected chi connectivity index (χ1v) is 7.44. The molecule has 3 N–H and O–H groups in total. The highest BCUT2D eigenvalue weighted by Gasteiger charge is 2.30. The Morgan fingerprint density at radius 1 is 1.11 bits per heavy atom. The average Bonchev–Trinajstić information content (AvgIpc) is 2.55. The van der Waals surface area contributed by atoms with E-state index in [1.807, 2.05) is 0 Å². The van der Waals surface area contributed by atoms with Crippen LogP contribution in [0.2, 0.25) is 0 Å². The van der Waals surface area contributed by atoms with Gasteiger partial charge in [-0.2, -0.15) is 13.2 Å². The Morgan fingerprint density at radius 3 is 2.15 bits per heavy atom. The van der Waals surface area contributed by atoms with Gasteiger partial charge in [0.1, 0.15) is 5.75 Å². The number of aromatic nitrogens is 1. The van der Waals surface area contributed by atoms with Gasteiger partial charge in [0, 0.05) is 29.9 Å². The molecule has 5 nitrogen and oxygen atoms in total. The Hall–Kier alpha value is -2.03. The van der Waals surface area contributed by atoms with Crippen LogP contribution < -0.4 is 15.8 Å². The molecule has 0 radical (unpaired) electrons. The fourth-order valence-corrected chi connectivity index (χ4v) is 1.83. The number of rotatable bonds is 5. The highest BCUT2D eigenvalue weighted by atomic mass is 35.5. The first-order chi connectivity index (χ1) is 11.6. The Labute approximate surface area is 167 Å². The van der Waals surface area contributed by atoms with Gasteiger partial charge >= 0.3 is 6.18 Å².